The first-order valence-corrected chi connectivity index (χ1v) is 8.52. The fourth-order valence-corrected chi connectivity index (χ4v) is 3.00. The minimum atomic E-state index is -1.14. The molecule has 0 fully saturated rings. The van der Waals surface area contributed by atoms with Crippen LogP contribution >= 0.6 is 0 Å². The Bertz CT molecular complexity index is 562. The summed E-state index contributed by atoms with van der Waals surface area (Å²) in [7, 11) is 0. The second-order valence-electron chi connectivity index (χ2n) is 5.99. The van der Waals surface area contributed by atoms with Crippen molar-refractivity contribution in [3.63, 3.8) is 0 Å². The highest BCUT2D eigenvalue weighted by atomic mass is 16.6. The number of rotatable bonds is 11. The van der Waals surface area contributed by atoms with E-state index in [9.17, 15) is 25.3 Å². The molecule has 1 rings (SSSR count). The van der Waals surface area contributed by atoms with E-state index in [1.165, 1.54) is 18.2 Å². The quantitative estimate of drug-likeness (QED) is 0.354. The van der Waals surface area contributed by atoms with E-state index >= 15 is 0 Å². The third-order valence-corrected chi connectivity index (χ3v) is 4.29. The highest BCUT2D eigenvalue weighted by molar-refractivity contribution is 5.42. The number of benzene rings is 1. The van der Waals surface area contributed by atoms with Gasteiger partial charge in [-0.3, -0.25) is 20.2 Å². The van der Waals surface area contributed by atoms with Crippen LogP contribution in [0, 0.1) is 20.2 Å². The van der Waals surface area contributed by atoms with E-state index in [2.05, 4.69) is 6.92 Å². The van der Waals surface area contributed by atoms with Gasteiger partial charge in [-0.2, -0.15) is 0 Å². The molecule has 0 bridgehead atoms. The summed E-state index contributed by atoms with van der Waals surface area (Å²) in [5, 5.41) is 32.9. The van der Waals surface area contributed by atoms with E-state index in [1.807, 2.05) is 0 Å². The summed E-state index contributed by atoms with van der Waals surface area (Å²) in [5.41, 5.74) is 0.347. The summed E-state index contributed by atoms with van der Waals surface area (Å²) in [6.07, 6.45) is 5.30. The van der Waals surface area contributed by atoms with Gasteiger partial charge in [-0.1, -0.05) is 51.7 Å². The first-order valence-electron chi connectivity index (χ1n) is 8.52. The van der Waals surface area contributed by atoms with Crippen molar-refractivity contribution in [2.75, 3.05) is 0 Å². The van der Waals surface area contributed by atoms with Crippen molar-refractivity contribution in [2.24, 2.45) is 0 Å². The minimum Gasteiger partial charge on any atom is -0.507 e. The lowest BCUT2D eigenvalue weighted by atomic mass is 9.91. The molecular weight excluding hydrogens is 312 g/mol. The molecule has 0 aromatic heterocycles. The Balaban J connectivity index is 3.08. The zero-order valence-electron chi connectivity index (χ0n) is 14.3. The number of hydrogen-bond donors (Lipinski definition) is 1. The molecule has 0 heterocycles. The van der Waals surface area contributed by atoms with Gasteiger partial charge in [0.25, 0.3) is 0 Å². The zero-order valence-corrected chi connectivity index (χ0v) is 14.3. The van der Waals surface area contributed by atoms with Crippen LogP contribution in [0.4, 0.5) is 0 Å². The number of nitro groups is 2. The maximum absolute atomic E-state index is 11.5. The molecule has 7 nitrogen and oxygen atoms in total. The van der Waals surface area contributed by atoms with Crippen LogP contribution in [0.1, 0.15) is 82.0 Å². The summed E-state index contributed by atoms with van der Waals surface area (Å²) >= 11 is 0. The normalized spacial score (nSPS) is 13.4. The molecule has 7 heteroatoms. The van der Waals surface area contributed by atoms with Gasteiger partial charge < -0.3 is 5.11 Å². The summed E-state index contributed by atoms with van der Waals surface area (Å²) in [4.78, 5) is 21.9. The van der Waals surface area contributed by atoms with Crippen molar-refractivity contribution in [2.45, 2.75) is 70.9 Å². The number of aromatic hydroxyl groups is 1. The van der Waals surface area contributed by atoms with Gasteiger partial charge in [0.2, 0.25) is 12.1 Å². The summed E-state index contributed by atoms with van der Waals surface area (Å²) in [6, 6.07) is 2.23. The zero-order chi connectivity index (χ0) is 18.1. The van der Waals surface area contributed by atoms with Crippen LogP contribution in [-0.2, 0) is 0 Å². The Morgan fingerprint density at radius 1 is 1.00 bits per heavy atom. The Kier molecular flexibility index (Phi) is 8.15. The Morgan fingerprint density at radius 3 is 2.17 bits per heavy atom. The molecule has 0 radical (unpaired) electrons. The number of nitrogens with zero attached hydrogens (tertiary/aromatic N) is 2. The molecule has 24 heavy (non-hydrogen) atoms. The Morgan fingerprint density at radius 2 is 1.62 bits per heavy atom. The van der Waals surface area contributed by atoms with Crippen molar-refractivity contribution < 1.29 is 15.0 Å². The van der Waals surface area contributed by atoms with Crippen LogP contribution in [0.3, 0.4) is 0 Å². The van der Waals surface area contributed by atoms with E-state index in [1.54, 1.807) is 6.92 Å². The highest BCUT2D eigenvalue weighted by Gasteiger charge is 2.34. The fraction of sp³-hybridized carbons (Fsp3) is 0.647. The third-order valence-electron chi connectivity index (χ3n) is 4.29. The van der Waals surface area contributed by atoms with E-state index < -0.39 is 21.9 Å². The largest absolute Gasteiger partial charge is 0.507 e. The van der Waals surface area contributed by atoms with Crippen molar-refractivity contribution in [1.29, 1.82) is 0 Å². The molecule has 0 saturated heterocycles. The van der Waals surface area contributed by atoms with Crippen LogP contribution in [0.5, 0.6) is 5.75 Å². The average molecular weight is 338 g/mol. The molecule has 1 aromatic carbocycles. The number of phenols is 1. The predicted octanol–water partition coefficient (Wildman–Crippen LogP) is 4.80. The average Bonchev–Trinajstić information content (AvgIpc) is 2.52. The van der Waals surface area contributed by atoms with Gasteiger partial charge in [-0.25, -0.2) is 0 Å². The maximum Gasteiger partial charge on any atom is 0.241 e. The minimum absolute atomic E-state index is 0.0836. The van der Waals surface area contributed by atoms with Gasteiger partial charge in [-0.15, -0.1) is 0 Å². The lowest BCUT2D eigenvalue weighted by Crippen LogP contribution is -2.18. The molecule has 0 saturated carbocycles. The molecule has 1 N–H and O–H groups in total. The summed E-state index contributed by atoms with van der Waals surface area (Å²) < 4.78 is 0. The molecule has 0 aliphatic heterocycles. The SMILES string of the molecule is CCCCCCCC(c1cccc(O)c1C(CC)[N+](=O)[O-])[N+](=O)[O-]. The van der Waals surface area contributed by atoms with Crippen molar-refractivity contribution in [1.82, 2.24) is 0 Å². The number of phenolic OH excluding ortho intramolecular Hbond substituents is 1. The molecule has 2 atom stereocenters. The first-order chi connectivity index (χ1) is 11.4. The van der Waals surface area contributed by atoms with Gasteiger partial charge in [0.15, 0.2) is 0 Å². The highest BCUT2D eigenvalue weighted by Crippen LogP contribution is 2.37. The second kappa shape index (κ2) is 9.85. The Hall–Kier alpha value is -2.18. The van der Waals surface area contributed by atoms with Crippen molar-refractivity contribution in [3.8, 4) is 5.75 Å². The van der Waals surface area contributed by atoms with Gasteiger partial charge in [0, 0.05) is 28.3 Å². The second-order valence-corrected chi connectivity index (χ2v) is 5.99. The standard InChI is InChI=1S/C17H26N2O5/c1-3-5-6-7-8-11-15(19(23)24)13-10-9-12-16(20)17(13)14(4-2)18(21)22/h9-10,12,14-15,20H,3-8,11H2,1-2H3. The third kappa shape index (κ3) is 5.18. The molecule has 0 aliphatic carbocycles. The molecule has 1 aromatic rings. The summed E-state index contributed by atoms with van der Waals surface area (Å²) in [6.45, 7) is 3.73. The molecule has 2 unspecified atom stereocenters. The van der Waals surface area contributed by atoms with Gasteiger partial charge in [-0.05, 0) is 12.5 Å². The van der Waals surface area contributed by atoms with E-state index in [-0.39, 0.29) is 23.3 Å². The molecule has 0 spiro atoms. The lowest BCUT2D eigenvalue weighted by Gasteiger charge is -2.17. The first kappa shape index (κ1) is 19.9. The van der Waals surface area contributed by atoms with E-state index in [4.69, 9.17) is 0 Å². The smallest absolute Gasteiger partial charge is 0.241 e. The van der Waals surface area contributed by atoms with Crippen LogP contribution in [0.25, 0.3) is 0 Å². The van der Waals surface area contributed by atoms with Crippen LogP contribution < -0.4 is 0 Å². The van der Waals surface area contributed by atoms with Crippen molar-refractivity contribution in [3.05, 3.63) is 49.6 Å². The van der Waals surface area contributed by atoms with Crippen LogP contribution in [0.15, 0.2) is 18.2 Å². The summed E-state index contributed by atoms with van der Waals surface area (Å²) in [5.74, 6) is -0.242. The topological polar surface area (TPSA) is 107 Å². The maximum atomic E-state index is 11.5. The van der Waals surface area contributed by atoms with Crippen LogP contribution in [-0.4, -0.2) is 15.0 Å². The molecule has 0 amide bonds. The molecule has 134 valence electrons. The van der Waals surface area contributed by atoms with Crippen molar-refractivity contribution >= 4 is 0 Å². The fourth-order valence-electron chi connectivity index (χ4n) is 3.00. The van der Waals surface area contributed by atoms with Gasteiger partial charge in [0.05, 0.1) is 5.56 Å². The monoisotopic (exact) mass is 338 g/mol. The van der Waals surface area contributed by atoms with Gasteiger partial charge >= 0.3 is 0 Å². The lowest BCUT2D eigenvalue weighted by molar-refractivity contribution is -0.537. The Labute approximate surface area is 142 Å². The van der Waals surface area contributed by atoms with Gasteiger partial charge in [0.1, 0.15) is 5.75 Å². The molecule has 0 aliphatic rings. The van der Waals surface area contributed by atoms with Crippen LogP contribution in [0.2, 0.25) is 0 Å². The number of unbranched alkanes of at least 4 members (excludes halogenated alkanes) is 4. The van der Waals surface area contributed by atoms with E-state index in [0.717, 1.165) is 25.7 Å². The predicted molar refractivity (Wildman–Crippen MR) is 91.2 cm³/mol. The van der Waals surface area contributed by atoms with E-state index in [0.29, 0.717) is 12.8 Å². The number of hydrogen-bond acceptors (Lipinski definition) is 5. The molecular formula is C17H26N2O5.